The highest BCUT2D eigenvalue weighted by molar-refractivity contribution is 5.95. The van der Waals surface area contributed by atoms with Gasteiger partial charge in [-0.2, -0.15) is 5.11 Å². The van der Waals surface area contributed by atoms with Crippen LogP contribution in [0.15, 0.2) is 119 Å². The molecule has 226 valence electrons. The smallest absolute Gasteiger partial charge is 0.143 e. The van der Waals surface area contributed by atoms with Crippen molar-refractivity contribution in [2.75, 3.05) is 43.1 Å². The molecule has 0 atom stereocenters. The van der Waals surface area contributed by atoms with Gasteiger partial charge in [-0.05, 0) is 92.2 Å². The number of hydrogen-bond donors (Lipinski definition) is 1. The Bertz CT molecular complexity index is 1630. The van der Waals surface area contributed by atoms with Gasteiger partial charge in [0.2, 0.25) is 0 Å². The molecule has 44 heavy (non-hydrogen) atoms. The number of anilines is 2. The Labute approximate surface area is 261 Å². The van der Waals surface area contributed by atoms with E-state index in [4.69, 9.17) is 4.74 Å². The summed E-state index contributed by atoms with van der Waals surface area (Å²) in [6.07, 6.45) is 0. The summed E-state index contributed by atoms with van der Waals surface area (Å²) in [6, 6.07) is 36.8. The first-order valence-electron chi connectivity index (χ1n) is 15.5. The van der Waals surface area contributed by atoms with Gasteiger partial charge in [0.05, 0.1) is 5.69 Å². The van der Waals surface area contributed by atoms with Crippen molar-refractivity contribution in [1.82, 2.24) is 0 Å². The maximum atomic E-state index is 10.5. The van der Waals surface area contributed by atoms with Crippen molar-refractivity contribution in [1.29, 1.82) is 0 Å². The van der Waals surface area contributed by atoms with Gasteiger partial charge in [0.1, 0.15) is 17.0 Å². The van der Waals surface area contributed by atoms with Crippen molar-refractivity contribution in [2.45, 2.75) is 33.3 Å². The lowest BCUT2D eigenvalue weighted by molar-refractivity contribution is 0.0585. The van der Waals surface area contributed by atoms with E-state index in [-0.39, 0.29) is 5.75 Å². The molecule has 6 heteroatoms. The Morgan fingerprint density at radius 2 is 1.07 bits per heavy atom. The van der Waals surface area contributed by atoms with E-state index in [2.05, 4.69) is 108 Å². The molecular weight excluding hydrogens is 544 g/mol. The van der Waals surface area contributed by atoms with Crippen molar-refractivity contribution in [3.63, 3.8) is 0 Å². The zero-order valence-corrected chi connectivity index (χ0v) is 26.4. The average molecular weight is 587 g/mol. The maximum Gasteiger partial charge on any atom is 0.143 e. The second-order valence-corrected chi connectivity index (χ2v) is 10.7. The fraction of sp³-hybridized carbons (Fsp3) is 0.263. The van der Waals surface area contributed by atoms with Gasteiger partial charge in [-0.1, -0.05) is 66.7 Å². The van der Waals surface area contributed by atoms with Crippen LogP contribution >= 0.6 is 0 Å². The van der Waals surface area contributed by atoms with Crippen molar-refractivity contribution >= 4 is 33.5 Å². The van der Waals surface area contributed by atoms with Crippen molar-refractivity contribution in [3.05, 3.63) is 126 Å². The maximum absolute atomic E-state index is 10.5. The topological polar surface area (TPSA) is 60.7 Å². The van der Waals surface area contributed by atoms with Crippen LogP contribution < -0.4 is 9.80 Å². The molecule has 0 aliphatic heterocycles. The first-order chi connectivity index (χ1) is 21.5. The van der Waals surface area contributed by atoms with E-state index < -0.39 is 5.60 Å². The number of aromatic hydroxyl groups is 1. The number of phenols is 1. The zero-order valence-electron chi connectivity index (χ0n) is 26.4. The first-order valence-corrected chi connectivity index (χ1v) is 15.5. The van der Waals surface area contributed by atoms with Gasteiger partial charge in [0, 0.05) is 50.0 Å². The lowest BCUT2D eigenvalue weighted by Crippen LogP contribution is -2.32. The van der Waals surface area contributed by atoms with E-state index in [1.807, 2.05) is 42.5 Å². The van der Waals surface area contributed by atoms with Crippen LogP contribution in [0.4, 0.5) is 22.7 Å². The van der Waals surface area contributed by atoms with Crippen LogP contribution in [0, 0.1) is 0 Å². The number of benzene rings is 5. The highest BCUT2D eigenvalue weighted by Crippen LogP contribution is 2.42. The van der Waals surface area contributed by atoms with Gasteiger partial charge in [0.15, 0.2) is 0 Å². The lowest BCUT2D eigenvalue weighted by atomic mass is 9.80. The van der Waals surface area contributed by atoms with E-state index in [0.29, 0.717) is 11.4 Å². The molecule has 0 aliphatic rings. The molecule has 0 saturated heterocycles. The predicted molar refractivity (Wildman–Crippen MR) is 183 cm³/mol. The molecular formula is C38H42N4O2. The van der Waals surface area contributed by atoms with Gasteiger partial charge in [-0.25, -0.2) is 0 Å². The minimum Gasteiger partial charge on any atom is -0.506 e. The molecule has 0 aromatic heterocycles. The van der Waals surface area contributed by atoms with Crippen LogP contribution in [-0.2, 0) is 10.3 Å². The monoisotopic (exact) mass is 586 g/mol. The summed E-state index contributed by atoms with van der Waals surface area (Å²) in [7, 11) is 1.77. The SMILES string of the molecule is CCN(CC)c1ccc(C(OC)(c2ccc(/N=N/c3c(O)ccc4ccccc34)cc2)c2ccc(N(CC)CC)cc2)cc1. The fourth-order valence-electron chi connectivity index (χ4n) is 6.06. The number of phenolic OH excluding ortho intramolecular Hbond substituents is 1. The Hall–Kier alpha value is -4.68. The summed E-state index contributed by atoms with van der Waals surface area (Å²) in [4.78, 5) is 4.68. The summed E-state index contributed by atoms with van der Waals surface area (Å²) in [5, 5.41) is 21.3. The minimum absolute atomic E-state index is 0.101. The molecule has 0 amide bonds. The van der Waals surface area contributed by atoms with Crippen LogP contribution in [-0.4, -0.2) is 38.4 Å². The Kier molecular flexibility index (Phi) is 9.61. The average Bonchev–Trinajstić information content (AvgIpc) is 3.08. The van der Waals surface area contributed by atoms with Crippen molar-refractivity contribution in [3.8, 4) is 5.75 Å². The van der Waals surface area contributed by atoms with E-state index in [9.17, 15) is 5.11 Å². The standard InChI is InChI=1S/C38H42N4O2/c1-6-41(7-2)33-23-17-30(18-24-33)38(44-5,31-19-25-34(26-20-31)42(8-3)9-4)29-15-21-32(22-16-29)39-40-37-35-13-11-10-12-28(35)14-27-36(37)43/h10-27,43H,6-9H2,1-5H3/b40-39+. The zero-order chi connectivity index (χ0) is 31.1. The molecule has 0 aliphatic carbocycles. The fourth-order valence-corrected chi connectivity index (χ4v) is 6.06. The van der Waals surface area contributed by atoms with E-state index in [0.717, 1.165) is 53.6 Å². The lowest BCUT2D eigenvalue weighted by Gasteiger charge is -2.35. The molecule has 0 fully saturated rings. The second kappa shape index (κ2) is 13.7. The summed E-state index contributed by atoms with van der Waals surface area (Å²) < 4.78 is 6.52. The number of methoxy groups -OCH3 is 1. The number of ether oxygens (including phenoxy) is 1. The second-order valence-electron chi connectivity index (χ2n) is 10.7. The van der Waals surface area contributed by atoms with Gasteiger partial charge in [-0.3, -0.25) is 0 Å². The van der Waals surface area contributed by atoms with Crippen molar-refractivity contribution in [2.24, 2.45) is 10.2 Å². The molecule has 0 bridgehead atoms. The molecule has 5 rings (SSSR count). The van der Waals surface area contributed by atoms with Gasteiger partial charge in [0.25, 0.3) is 0 Å². The Morgan fingerprint density at radius 3 is 1.55 bits per heavy atom. The molecule has 5 aromatic rings. The number of hydrogen-bond acceptors (Lipinski definition) is 6. The molecule has 6 nitrogen and oxygen atoms in total. The van der Waals surface area contributed by atoms with Crippen molar-refractivity contribution < 1.29 is 9.84 Å². The highest BCUT2D eigenvalue weighted by Gasteiger charge is 2.37. The van der Waals surface area contributed by atoms with Crippen LogP contribution in [0.3, 0.4) is 0 Å². The van der Waals surface area contributed by atoms with Gasteiger partial charge >= 0.3 is 0 Å². The third kappa shape index (κ3) is 5.90. The molecule has 0 heterocycles. The quantitative estimate of drug-likeness (QED) is 0.117. The third-order valence-electron chi connectivity index (χ3n) is 8.53. The third-order valence-corrected chi connectivity index (χ3v) is 8.53. The van der Waals surface area contributed by atoms with E-state index in [1.165, 1.54) is 11.4 Å². The molecule has 0 radical (unpaired) electrons. The van der Waals surface area contributed by atoms with Crippen LogP contribution in [0.1, 0.15) is 44.4 Å². The Morgan fingerprint density at radius 1 is 0.591 bits per heavy atom. The Balaban J connectivity index is 1.56. The summed E-state index contributed by atoms with van der Waals surface area (Å²) in [6.45, 7) is 12.5. The van der Waals surface area contributed by atoms with Gasteiger partial charge in [-0.15, -0.1) is 5.11 Å². The molecule has 0 spiro atoms. The van der Waals surface area contributed by atoms with Crippen LogP contribution in [0.5, 0.6) is 5.75 Å². The normalized spacial score (nSPS) is 11.8. The minimum atomic E-state index is -0.840. The summed E-state index contributed by atoms with van der Waals surface area (Å²) >= 11 is 0. The number of fused-ring (bicyclic) bond motifs is 1. The largest absolute Gasteiger partial charge is 0.506 e. The summed E-state index contributed by atoms with van der Waals surface area (Å²) in [5.41, 5.74) is 5.75. The number of azo groups is 1. The van der Waals surface area contributed by atoms with Crippen LogP contribution in [0.2, 0.25) is 0 Å². The number of nitrogens with zero attached hydrogens (tertiary/aromatic N) is 4. The molecule has 0 saturated carbocycles. The molecule has 5 aromatic carbocycles. The summed E-state index contributed by atoms with van der Waals surface area (Å²) in [5.74, 6) is 0.101. The highest BCUT2D eigenvalue weighted by atomic mass is 16.5. The predicted octanol–water partition coefficient (Wildman–Crippen LogP) is 9.59. The van der Waals surface area contributed by atoms with E-state index in [1.54, 1.807) is 13.2 Å². The van der Waals surface area contributed by atoms with Crippen LogP contribution in [0.25, 0.3) is 10.8 Å². The molecule has 1 N–H and O–H groups in total. The first kappa shape index (κ1) is 30.8. The molecule has 0 unspecified atom stereocenters. The van der Waals surface area contributed by atoms with Gasteiger partial charge < -0.3 is 19.6 Å². The number of rotatable bonds is 12. The van der Waals surface area contributed by atoms with E-state index >= 15 is 0 Å².